The zero-order valence-corrected chi connectivity index (χ0v) is 10.6. The van der Waals surface area contributed by atoms with Crippen LogP contribution in [0.25, 0.3) is 0 Å². The third kappa shape index (κ3) is 3.03. The first kappa shape index (κ1) is 11.1. The van der Waals surface area contributed by atoms with Gasteiger partial charge in [0.05, 0.1) is 0 Å². The summed E-state index contributed by atoms with van der Waals surface area (Å²) in [5.41, 5.74) is 1.41. The van der Waals surface area contributed by atoms with Crippen molar-refractivity contribution in [1.82, 2.24) is 10.2 Å². The summed E-state index contributed by atoms with van der Waals surface area (Å²) in [4.78, 5) is 2.44. The summed E-state index contributed by atoms with van der Waals surface area (Å²) in [5, 5.41) is 3.30. The lowest BCUT2D eigenvalue weighted by Crippen LogP contribution is -2.56. The number of nitrogens with zero attached hydrogens (tertiary/aromatic N) is 1. The third-order valence-electron chi connectivity index (χ3n) is 3.03. The minimum atomic E-state index is 0.747. The molecule has 0 atom stereocenters. The lowest BCUT2D eigenvalue weighted by Gasteiger charge is -2.35. The Hall–Kier alpha value is -0.380. The molecule has 82 valence electrons. The Labute approximate surface area is 99.8 Å². The molecule has 0 aromatic heterocycles. The SMILES string of the molecule is CN(CCc1cccc(Br)c1)C1CNC1. The summed E-state index contributed by atoms with van der Waals surface area (Å²) in [6, 6.07) is 9.31. The second-order valence-electron chi connectivity index (χ2n) is 4.17. The summed E-state index contributed by atoms with van der Waals surface area (Å²) in [5.74, 6) is 0. The summed E-state index contributed by atoms with van der Waals surface area (Å²) in [6.07, 6.45) is 1.13. The van der Waals surface area contributed by atoms with Crippen LogP contribution < -0.4 is 5.32 Å². The van der Waals surface area contributed by atoms with Crippen molar-refractivity contribution < 1.29 is 0 Å². The molecule has 2 nitrogen and oxygen atoms in total. The normalized spacial score (nSPS) is 16.7. The molecule has 3 heteroatoms. The van der Waals surface area contributed by atoms with Gasteiger partial charge in [0.2, 0.25) is 0 Å². The van der Waals surface area contributed by atoms with Gasteiger partial charge in [-0.25, -0.2) is 0 Å². The third-order valence-corrected chi connectivity index (χ3v) is 3.52. The van der Waals surface area contributed by atoms with Crippen molar-refractivity contribution in [3.05, 3.63) is 34.3 Å². The monoisotopic (exact) mass is 268 g/mol. The predicted octanol–water partition coefficient (Wildman–Crippen LogP) is 1.90. The van der Waals surface area contributed by atoms with Gasteiger partial charge in [-0.05, 0) is 31.2 Å². The van der Waals surface area contributed by atoms with E-state index >= 15 is 0 Å². The fraction of sp³-hybridized carbons (Fsp3) is 0.500. The molecular formula is C12H17BrN2. The molecule has 1 fully saturated rings. The number of hydrogen-bond acceptors (Lipinski definition) is 2. The van der Waals surface area contributed by atoms with Crippen LogP contribution in [-0.2, 0) is 6.42 Å². The van der Waals surface area contributed by atoms with Gasteiger partial charge >= 0.3 is 0 Å². The number of halogens is 1. The van der Waals surface area contributed by atoms with Gasteiger partial charge in [-0.1, -0.05) is 28.1 Å². The number of nitrogens with one attached hydrogen (secondary N) is 1. The maximum atomic E-state index is 3.50. The van der Waals surface area contributed by atoms with E-state index in [2.05, 4.69) is 57.5 Å². The van der Waals surface area contributed by atoms with Gasteiger partial charge in [0, 0.05) is 30.1 Å². The summed E-state index contributed by atoms with van der Waals surface area (Å²) >= 11 is 3.50. The van der Waals surface area contributed by atoms with Crippen molar-refractivity contribution in [1.29, 1.82) is 0 Å². The van der Waals surface area contributed by atoms with Crippen LogP contribution in [0.5, 0.6) is 0 Å². The zero-order chi connectivity index (χ0) is 10.7. The molecule has 0 aliphatic carbocycles. The lowest BCUT2D eigenvalue weighted by atomic mass is 10.1. The smallest absolute Gasteiger partial charge is 0.0342 e. The Morgan fingerprint density at radius 2 is 2.27 bits per heavy atom. The highest BCUT2D eigenvalue weighted by Crippen LogP contribution is 2.12. The van der Waals surface area contributed by atoms with E-state index in [1.165, 1.54) is 10.0 Å². The second kappa shape index (κ2) is 5.10. The van der Waals surface area contributed by atoms with E-state index in [0.717, 1.165) is 32.1 Å². The molecule has 1 aromatic carbocycles. The van der Waals surface area contributed by atoms with Gasteiger partial charge in [-0.2, -0.15) is 0 Å². The molecule has 1 saturated heterocycles. The van der Waals surface area contributed by atoms with Gasteiger partial charge < -0.3 is 10.2 Å². The van der Waals surface area contributed by atoms with Crippen LogP contribution in [0.15, 0.2) is 28.7 Å². The van der Waals surface area contributed by atoms with Crippen LogP contribution in [0, 0.1) is 0 Å². The molecule has 1 aliphatic rings. The Kier molecular flexibility index (Phi) is 3.78. The minimum absolute atomic E-state index is 0.747. The summed E-state index contributed by atoms with van der Waals surface area (Å²) < 4.78 is 1.17. The van der Waals surface area contributed by atoms with Crippen molar-refractivity contribution >= 4 is 15.9 Å². The highest BCUT2D eigenvalue weighted by atomic mass is 79.9. The molecule has 0 radical (unpaired) electrons. The Bertz CT molecular complexity index is 323. The first-order valence-electron chi connectivity index (χ1n) is 5.41. The summed E-state index contributed by atoms with van der Waals surface area (Å²) in [7, 11) is 2.21. The van der Waals surface area contributed by atoms with Crippen LogP contribution in [0.1, 0.15) is 5.56 Å². The van der Waals surface area contributed by atoms with Gasteiger partial charge in [-0.15, -0.1) is 0 Å². The maximum absolute atomic E-state index is 3.50. The van der Waals surface area contributed by atoms with E-state index in [4.69, 9.17) is 0 Å². The van der Waals surface area contributed by atoms with Crippen molar-refractivity contribution in [2.75, 3.05) is 26.7 Å². The van der Waals surface area contributed by atoms with E-state index in [9.17, 15) is 0 Å². The number of likely N-dealkylation sites (N-methyl/N-ethyl adjacent to an activating group) is 1. The van der Waals surface area contributed by atoms with Crippen molar-refractivity contribution in [3.8, 4) is 0 Å². The first-order valence-corrected chi connectivity index (χ1v) is 6.20. The molecule has 0 amide bonds. The lowest BCUT2D eigenvalue weighted by molar-refractivity contribution is 0.182. The van der Waals surface area contributed by atoms with E-state index in [0.29, 0.717) is 0 Å². The highest BCUT2D eigenvalue weighted by Gasteiger charge is 2.20. The van der Waals surface area contributed by atoms with Gasteiger partial charge in [0.15, 0.2) is 0 Å². The van der Waals surface area contributed by atoms with E-state index < -0.39 is 0 Å². The molecule has 0 spiro atoms. The van der Waals surface area contributed by atoms with Crippen LogP contribution in [0.2, 0.25) is 0 Å². The number of hydrogen-bond donors (Lipinski definition) is 1. The average Bonchev–Trinajstić information content (AvgIpc) is 2.12. The molecule has 2 rings (SSSR count). The fourth-order valence-electron chi connectivity index (χ4n) is 1.77. The number of benzene rings is 1. The van der Waals surface area contributed by atoms with E-state index in [1.807, 2.05) is 0 Å². The van der Waals surface area contributed by atoms with Gasteiger partial charge in [0.25, 0.3) is 0 Å². The van der Waals surface area contributed by atoms with E-state index in [-0.39, 0.29) is 0 Å². The minimum Gasteiger partial charge on any atom is -0.314 e. The molecule has 1 aromatic rings. The number of rotatable bonds is 4. The van der Waals surface area contributed by atoms with Crippen molar-refractivity contribution in [2.24, 2.45) is 0 Å². The largest absolute Gasteiger partial charge is 0.314 e. The van der Waals surface area contributed by atoms with Gasteiger partial charge in [0.1, 0.15) is 0 Å². The first-order chi connectivity index (χ1) is 7.25. The molecule has 0 saturated carbocycles. The van der Waals surface area contributed by atoms with Crippen molar-refractivity contribution in [3.63, 3.8) is 0 Å². The van der Waals surface area contributed by atoms with Gasteiger partial charge in [-0.3, -0.25) is 0 Å². The summed E-state index contributed by atoms with van der Waals surface area (Å²) in [6.45, 7) is 3.44. The zero-order valence-electron chi connectivity index (χ0n) is 9.04. The Morgan fingerprint density at radius 1 is 1.47 bits per heavy atom. The fourth-order valence-corrected chi connectivity index (χ4v) is 2.21. The molecular weight excluding hydrogens is 252 g/mol. The Balaban J connectivity index is 1.81. The van der Waals surface area contributed by atoms with E-state index in [1.54, 1.807) is 0 Å². The molecule has 1 N–H and O–H groups in total. The Morgan fingerprint density at radius 3 is 2.87 bits per heavy atom. The molecule has 1 aliphatic heterocycles. The maximum Gasteiger partial charge on any atom is 0.0342 e. The van der Waals surface area contributed by atoms with Crippen LogP contribution >= 0.6 is 15.9 Å². The standard InChI is InChI=1S/C12H17BrN2/c1-15(12-8-14-9-12)6-5-10-3-2-4-11(13)7-10/h2-4,7,12,14H,5-6,8-9H2,1H3. The molecule has 0 unspecified atom stereocenters. The second-order valence-corrected chi connectivity index (χ2v) is 5.09. The topological polar surface area (TPSA) is 15.3 Å². The van der Waals surface area contributed by atoms with Crippen LogP contribution in [0.4, 0.5) is 0 Å². The predicted molar refractivity (Wildman–Crippen MR) is 67.1 cm³/mol. The molecule has 15 heavy (non-hydrogen) atoms. The average molecular weight is 269 g/mol. The quantitative estimate of drug-likeness (QED) is 0.898. The van der Waals surface area contributed by atoms with Crippen LogP contribution in [-0.4, -0.2) is 37.6 Å². The van der Waals surface area contributed by atoms with Crippen LogP contribution in [0.3, 0.4) is 0 Å². The highest BCUT2D eigenvalue weighted by molar-refractivity contribution is 9.10. The molecule has 1 heterocycles. The molecule has 0 bridgehead atoms. The van der Waals surface area contributed by atoms with Crippen molar-refractivity contribution in [2.45, 2.75) is 12.5 Å².